The first-order valence-corrected chi connectivity index (χ1v) is 10.6. The Hall–Kier alpha value is -3.26. The number of ketones is 1. The minimum Gasteiger partial charge on any atom is -0.486 e. The van der Waals surface area contributed by atoms with Gasteiger partial charge in [-0.3, -0.25) is 9.69 Å². The first-order valence-electron chi connectivity index (χ1n) is 10.6. The van der Waals surface area contributed by atoms with Crippen LogP contribution in [0.25, 0.3) is 11.5 Å². The summed E-state index contributed by atoms with van der Waals surface area (Å²) in [6.07, 6.45) is 3.03. The van der Waals surface area contributed by atoms with Gasteiger partial charge in [0.25, 0.3) is 0 Å². The van der Waals surface area contributed by atoms with Gasteiger partial charge in [-0.1, -0.05) is 0 Å². The Kier molecular flexibility index (Phi) is 5.61. The normalized spacial score (nSPS) is 16.8. The van der Waals surface area contributed by atoms with Gasteiger partial charge in [-0.2, -0.15) is 0 Å². The third-order valence-electron chi connectivity index (χ3n) is 5.89. The van der Waals surface area contributed by atoms with Crippen molar-refractivity contribution < 1.29 is 27.5 Å². The summed E-state index contributed by atoms with van der Waals surface area (Å²) < 4.78 is 43.2. The highest BCUT2D eigenvalue weighted by atomic mass is 19.2. The molecule has 0 bridgehead atoms. The summed E-state index contributed by atoms with van der Waals surface area (Å²) in [4.78, 5) is 19.6. The lowest BCUT2D eigenvalue weighted by atomic mass is 9.88. The molecule has 1 aromatic heterocycles. The number of rotatable bonds is 5. The molecular weight excluding hydrogens is 418 g/mol. The van der Waals surface area contributed by atoms with Crippen molar-refractivity contribution in [3.8, 4) is 23.0 Å². The third-order valence-corrected chi connectivity index (χ3v) is 5.89. The topological polar surface area (TPSA) is 64.8 Å². The second-order valence-corrected chi connectivity index (χ2v) is 8.05. The predicted octanol–water partition coefficient (Wildman–Crippen LogP) is 4.49. The molecule has 2 aromatic carbocycles. The van der Waals surface area contributed by atoms with E-state index >= 15 is 0 Å². The zero-order valence-electron chi connectivity index (χ0n) is 17.4. The number of carbonyl (C=O) groups is 1. The molecule has 0 saturated carbocycles. The van der Waals surface area contributed by atoms with Crippen LogP contribution in [0.15, 0.2) is 47.1 Å². The Balaban J connectivity index is 1.18. The van der Waals surface area contributed by atoms with Crippen molar-refractivity contribution in [3.05, 3.63) is 65.6 Å². The minimum atomic E-state index is -0.938. The number of aromatic nitrogens is 1. The molecule has 6 nitrogen and oxygen atoms in total. The van der Waals surface area contributed by atoms with Gasteiger partial charge in [0, 0.05) is 23.6 Å². The van der Waals surface area contributed by atoms with Crippen LogP contribution in [-0.2, 0) is 6.54 Å². The van der Waals surface area contributed by atoms with E-state index in [-0.39, 0.29) is 17.6 Å². The van der Waals surface area contributed by atoms with Crippen LogP contribution in [0.5, 0.6) is 11.5 Å². The molecule has 0 N–H and O–H groups in total. The molecular formula is C24H22F2N2O4. The molecule has 5 rings (SSSR count). The van der Waals surface area contributed by atoms with E-state index in [9.17, 15) is 13.6 Å². The number of oxazole rings is 1. The van der Waals surface area contributed by atoms with Gasteiger partial charge < -0.3 is 13.9 Å². The van der Waals surface area contributed by atoms with Gasteiger partial charge in [-0.05, 0) is 62.3 Å². The summed E-state index contributed by atoms with van der Waals surface area (Å²) >= 11 is 0. The fraction of sp³-hybridized carbons (Fsp3) is 0.333. The molecule has 166 valence electrons. The molecule has 1 fully saturated rings. The SMILES string of the molecule is O=C(c1ccc2c(c1)OCCO2)C1CCN(Cc2coc(-c3ccc(F)c(F)c3)n2)CC1. The molecule has 2 aliphatic rings. The predicted molar refractivity (Wildman–Crippen MR) is 112 cm³/mol. The van der Waals surface area contributed by atoms with Crippen molar-refractivity contribution in [3.63, 3.8) is 0 Å². The monoisotopic (exact) mass is 440 g/mol. The average Bonchev–Trinajstić information content (AvgIpc) is 3.29. The lowest BCUT2D eigenvalue weighted by Crippen LogP contribution is -2.36. The molecule has 1 saturated heterocycles. The summed E-state index contributed by atoms with van der Waals surface area (Å²) in [5, 5.41) is 0. The van der Waals surface area contributed by atoms with Gasteiger partial charge in [-0.15, -0.1) is 0 Å². The van der Waals surface area contributed by atoms with Crippen molar-refractivity contribution in [1.29, 1.82) is 0 Å². The largest absolute Gasteiger partial charge is 0.486 e. The van der Waals surface area contributed by atoms with Crippen LogP contribution in [0, 0.1) is 17.6 Å². The van der Waals surface area contributed by atoms with Gasteiger partial charge in [-0.25, -0.2) is 13.8 Å². The van der Waals surface area contributed by atoms with Crippen molar-refractivity contribution in [2.24, 2.45) is 5.92 Å². The number of fused-ring (bicyclic) bond motifs is 1. The number of carbonyl (C=O) groups excluding carboxylic acids is 1. The number of benzene rings is 2. The second-order valence-electron chi connectivity index (χ2n) is 8.05. The van der Waals surface area contributed by atoms with Crippen LogP contribution in [0.3, 0.4) is 0 Å². The van der Waals surface area contributed by atoms with Gasteiger partial charge >= 0.3 is 0 Å². The van der Waals surface area contributed by atoms with Crippen LogP contribution in [0.1, 0.15) is 28.9 Å². The van der Waals surface area contributed by atoms with Crippen molar-refractivity contribution in [2.45, 2.75) is 19.4 Å². The quantitative estimate of drug-likeness (QED) is 0.545. The van der Waals surface area contributed by atoms with Gasteiger partial charge in [0.15, 0.2) is 28.9 Å². The Morgan fingerprint density at radius 1 is 1.00 bits per heavy atom. The Morgan fingerprint density at radius 2 is 1.78 bits per heavy atom. The van der Waals surface area contributed by atoms with E-state index in [1.54, 1.807) is 18.2 Å². The molecule has 8 heteroatoms. The van der Waals surface area contributed by atoms with E-state index in [0.717, 1.165) is 38.1 Å². The molecule has 0 amide bonds. The number of ether oxygens (including phenoxy) is 2. The molecule has 32 heavy (non-hydrogen) atoms. The molecule has 0 unspecified atom stereocenters. The van der Waals surface area contributed by atoms with Crippen molar-refractivity contribution in [2.75, 3.05) is 26.3 Å². The first-order chi connectivity index (χ1) is 15.6. The first kappa shape index (κ1) is 20.6. The standard InChI is InChI=1S/C24H22F2N2O4/c25-19-3-1-17(11-20(19)26)24-27-18(14-32-24)13-28-7-5-15(6-8-28)23(29)16-2-4-21-22(12-16)31-10-9-30-21/h1-4,11-12,14-15H,5-10,13H2. The third kappa shape index (κ3) is 4.23. The Labute approximate surface area is 183 Å². The smallest absolute Gasteiger partial charge is 0.226 e. The molecule has 3 heterocycles. The highest BCUT2D eigenvalue weighted by molar-refractivity contribution is 5.98. The van der Waals surface area contributed by atoms with Crippen LogP contribution in [0.2, 0.25) is 0 Å². The summed E-state index contributed by atoms with van der Waals surface area (Å²) in [6, 6.07) is 8.93. The number of hydrogen-bond acceptors (Lipinski definition) is 6. The van der Waals surface area contributed by atoms with E-state index < -0.39 is 11.6 Å². The van der Waals surface area contributed by atoms with Crippen LogP contribution < -0.4 is 9.47 Å². The zero-order valence-corrected chi connectivity index (χ0v) is 17.4. The molecule has 3 aromatic rings. The molecule has 0 aliphatic carbocycles. The maximum atomic E-state index is 13.5. The lowest BCUT2D eigenvalue weighted by Gasteiger charge is -2.30. The fourth-order valence-electron chi connectivity index (χ4n) is 4.16. The highest BCUT2D eigenvalue weighted by Gasteiger charge is 2.27. The number of hydrogen-bond donors (Lipinski definition) is 0. The minimum absolute atomic E-state index is 0.0381. The zero-order chi connectivity index (χ0) is 22.1. The number of Topliss-reactive ketones (excluding diaryl/α,β-unsaturated/α-hetero) is 1. The van der Waals surface area contributed by atoms with Gasteiger partial charge in [0.05, 0.1) is 5.69 Å². The number of piperidine rings is 1. The number of likely N-dealkylation sites (tertiary alicyclic amines) is 1. The van der Waals surface area contributed by atoms with Crippen molar-refractivity contribution >= 4 is 5.78 Å². The maximum Gasteiger partial charge on any atom is 0.226 e. The van der Waals surface area contributed by atoms with E-state index in [0.29, 0.717) is 48.1 Å². The van der Waals surface area contributed by atoms with E-state index in [1.165, 1.54) is 12.3 Å². The summed E-state index contributed by atoms with van der Waals surface area (Å²) in [5.41, 5.74) is 1.75. The van der Waals surface area contributed by atoms with E-state index in [4.69, 9.17) is 13.9 Å². The molecule has 2 aliphatic heterocycles. The molecule has 0 spiro atoms. The van der Waals surface area contributed by atoms with Gasteiger partial charge in [0.1, 0.15) is 19.5 Å². The second kappa shape index (κ2) is 8.70. The molecule has 0 atom stereocenters. The Morgan fingerprint density at radius 3 is 2.56 bits per heavy atom. The summed E-state index contributed by atoms with van der Waals surface area (Å²) in [7, 11) is 0. The molecule has 0 radical (unpaired) electrons. The van der Waals surface area contributed by atoms with E-state index in [1.807, 2.05) is 0 Å². The Bertz CT molecular complexity index is 1140. The fourth-order valence-corrected chi connectivity index (χ4v) is 4.16. The maximum absolute atomic E-state index is 13.5. The van der Waals surface area contributed by atoms with E-state index in [2.05, 4.69) is 9.88 Å². The summed E-state index contributed by atoms with van der Waals surface area (Å²) in [5.74, 6) is -0.197. The number of nitrogens with zero attached hydrogens (tertiary/aromatic N) is 2. The summed E-state index contributed by atoms with van der Waals surface area (Å²) in [6.45, 7) is 3.09. The van der Waals surface area contributed by atoms with Crippen LogP contribution in [0.4, 0.5) is 8.78 Å². The van der Waals surface area contributed by atoms with Crippen LogP contribution in [-0.4, -0.2) is 42.0 Å². The number of halogens is 2. The lowest BCUT2D eigenvalue weighted by molar-refractivity contribution is 0.0832. The van der Waals surface area contributed by atoms with Crippen LogP contribution >= 0.6 is 0 Å². The average molecular weight is 440 g/mol. The van der Waals surface area contributed by atoms with Crippen molar-refractivity contribution in [1.82, 2.24) is 9.88 Å². The van der Waals surface area contributed by atoms with Gasteiger partial charge in [0.2, 0.25) is 5.89 Å². The highest BCUT2D eigenvalue weighted by Crippen LogP contribution is 2.33.